The van der Waals surface area contributed by atoms with Crippen LogP contribution < -0.4 is 5.32 Å². The molecule has 0 spiro atoms. The number of pyridine rings is 2. The van der Waals surface area contributed by atoms with Gasteiger partial charge in [0.1, 0.15) is 5.52 Å². The van der Waals surface area contributed by atoms with Gasteiger partial charge in [0.15, 0.2) is 5.82 Å². The fraction of sp³-hybridized carbons (Fsp3) is 0.176. The van der Waals surface area contributed by atoms with Gasteiger partial charge in [0, 0.05) is 30.0 Å². The number of aromatic nitrogens is 2. The Hall–Kier alpha value is -2.20. The Morgan fingerprint density at radius 1 is 1.14 bits per heavy atom. The van der Waals surface area contributed by atoms with Crippen LogP contribution in [-0.2, 0) is 6.42 Å². The van der Waals surface area contributed by atoms with E-state index in [2.05, 4.69) is 15.3 Å². The fourth-order valence-corrected chi connectivity index (χ4v) is 2.66. The summed E-state index contributed by atoms with van der Waals surface area (Å²) in [5.41, 5.74) is 1.87. The van der Waals surface area contributed by atoms with Crippen molar-refractivity contribution in [1.29, 1.82) is 0 Å². The monoisotopic (exact) mass is 315 g/mol. The van der Waals surface area contributed by atoms with Gasteiger partial charge in [-0.15, -0.1) is 0 Å². The van der Waals surface area contributed by atoms with Gasteiger partial charge in [0.05, 0.1) is 10.7 Å². The highest BCUT2D eigenvalue weighted by atomic mass is 35.5. The molecule has 2 heterocycles. The summed E-state index contributed by atoms with van der Waals surface area (Å²) in [6.45, 7) is 2.01. The second-order valence-electron chi connectivity index (χ2n) is 5.22. The third-order valence-corrected chi connectivity index (χ3v) is 3.82. The third kappa shape index (κ3) is 3.02. The lowest BCUT2D eigenvalue weighted by molar-refractivity contribution is 0.634. The van der Waals surface area contributed by atoms with Crippen LogP contribution in [0.1, 0.15) is 12.5 Å². The molecule has 3 aromatic rings. The number of benzene rings is 1. The van der Waals surface area contributed by atoms with E-state index in [1.807, 2.05) is 19.1 Å². The molecule has 3 nitrogen and oxygen atoms in total. The Kier molecular flexibility index (Phi) is 4.20. The highest BCUT2D eigenvalue weighted by Gasteiger charge is 2.12. The number of nitrogens with one attached hydrogen (secondary N) is 1. The van der Waals surface area contributed by atoms with Gasteiger partial charge >= 0.3 is 0 Å². The summed E-state index contributed by atoms with van der Waals surface area (Å²) in [6, 6.07) is 9.13. The largest absolute Gasteiger partial charge is 0.380 e. The molecule has 0 aliphatic heterocycles. The molecule has 0 aliphatic rings. The minimum atomic E-state index is -0.374. The SMILES string of the molecule is CC(Cc1ccncc1)Nc1ccc2c(Cl)ccnc2c1F. The van der Waals surface area contributed by atoms with Crippen molar-refractivity contribution in [2.24, 2.45) is 0 Å². The van der Waals surface area contributed by atoms with Crippen molar-refractivity contribution in [2.75, 3.05) is 5.32 Å². The van der Waals surface area contributed by atoms with Crippen LogP contribution in [0.25, 0.3) is 10.9 Å². The molecule has 0 bridgehead atoms. The number of hydrogen-bond acceptors (Lipinski definition) is 3. The van der Waals surface area contributed by atoms with Gasteiger partial charge in [0.2, 0.25) is 0 Å². The lowest BCUT2D eigenvalue weighted by Gasteiger charge is -2.16. The zero-order valence-electron chi connectivity index (χ0n) is 12.1. The third-order valence-electron chi connectivity index (χ3n) is 3.49. The first-order valence-electron chi connectivity index (χ1n) is 7.03. The van der Waals surface area contributed by atoms with Crippen LogP contribution in [0.4, 0.5) is 10.1 Å². The van der Waals surface area contributed by atoms with E-state index >= 15 is 0 Å². The molecule has 0 fully saturated rings. The second kappa shape index (κ2) is 6.28. The maximum absolute atomic E-state index is 14.6. The summed E-state index contributed by atoms with van der Waals surface area (Å²) in [7, 11) is 0. The molecule has 0 saturated carbocycles. The zero-order chi connectivity index (χ0) is 15.5. The minimum absolute atomic E-state index is 0.0773. The molecule has 0 radical (unpaired) electrons. The quantitative estimate of drug-likeness (QED) is 0.772. The van der Waals surface area contributed by atoms with Crippen LogP contribution in [0.5, 0.6) is 0 Å². The van der Waals surface area contributed by atoms with E-state index in [1.54, 1.807) is 30.6 Å². The van der Waals surface area contributed by atoms with Gasteiger partial charge in [-0.25, -0.2) is 4.39 Å². The van der Waals surface area contributed by atoms with E-state index in [4.69, 9.17) is 11.6 Å². The molecule has 0 amide bonds. The van der Waals surface area contributed by atoms with Crippen molar-refractivity contribution in [3.63, 3.8) is 0 Å². The molecule has 3 rings (SSSR count). The van der Waals surface area contributed by atoms with Gasteiger partial charge < -0.3 is 5.32 Å². The average Bonchev–Trinajstić information content (AvgIpc) is 2.52. The number of anilines is 1. The Labute approximate surface area is 133 Å². The molecule has 1 atom stereocenters. The smallest absolute Gasteiger partial charge is 0.172 e. The minimum Gasteiger partial charge on any atom is -0.380 e. The summed E-state index contributed by atoms with van der Waals surface area (Å²) < 4.78 is 14.6. The first-order valence-corrected chi connectivity index (χ1v) is 7.41. The average molecular weight is 316 g/mol. The van der Waals surface area contributed by atoms with Crippen molar-refractivity contribution < 1.29 is 4.39 Å². The van der Waals surface area contributed by atoms with E-state index in [9.17, 15) is 4.39 Å². The highest BCUT2D eigenvalue weighted by Crippen LogP contribution is 2.28. The van der Waals surface area contributed by atoms with E-state index in [0.717, 1.165) is 12.0 Å². The predicted molar refractivity (Wildman–Crippen MR) is 87.7 cm³/mol. The van der Waals surface area contributed by atoms with Crippen LogP contribution in [0, 0.1) is 5.82 Å². The van der Waals surface area contributed by atoms with E-state index in [0.29, 0.717) is 16.1 Å². The van der Waals surface area contributed by atoms with Gasteiger partial charge in [-0.3, -0.25) is 9.97 Å². The first kappa shape index (κ1) is 14.7. The van der Waals surface area contributed by atoms with E-state index in [1.165, 1.54) is 6.20 Å². The highest BCUT2D eigenvalue weighted by molar-refractivity contribution is 6.35. The van der Waals surface area contributed by atoms with E-state index in [-0.39, 0.29) is 17.4 Å². The molecule has 22 heavy (non-hydrogen) atoms. The standard InChI is InChI=1S/C17H15ClFN3/c1-11(10-12-4-7-20-8-5-12)22-15-3-2-13-14(18)6-9-21-17(13)16(15)19/h2-9,11,22H,10H2,1H3. The van der Waals surface area contributed by atoms with Gasteiger partial charge in [-0.05, 0) is 49.2 Å². The normalized spacial score (nSPS) is 12.3. The van der Waals surface area contributed by atoms with Crippen molar-refractivity contribution in [3.05, 3.63) is 65.3 Å². The van der Waals surface area contributed by atoms with Crippen LogP contribution >= 0.6 is 11.6 Å². The maximum atomic E-state index is 14.6. The number of fused-ring (bicyclic) bond motifs is 1. The number of rotatable bonds is 4. The fourth-order valence-electron chi connectivity index (χ4n) is 2.45. The molecule has 1 unspecified atom stereocenters. The molecule has 1 N–H and O–H groups in total. The molecule has 1 aromatic carbocycles. The molecular weight excluding hydrogens is 301 g/mol. The molecule has 5 heteroatoms. The molecule has 2 aromatic heterocycles. The summed E-state index contributed by atoms with van der Waals surface area (Å²) in [4.78, 5) is 8.08. The van der Waals surface area contributed by atoms with E-state index < -0.39 is 0 Å². The first-order chi connectivity index (χ1) is 10.6. The molecular formula is C17H15ClFN3. The van der Waals surface area contributed by atoms with Crippen LogP contribution in [0.3, 0.4) is 0 Å². The Bertz CT molecular complexity index is 793. The molecule has 0 aliphatic carbocycles. The predicted octanol–water partition coefficient (Wildman–Crippen LogP) is 4.47. The second-order valence-corrected chi connectivity index (χ2v) is 5.63. The Morgan fingerprint density at radius 2 is 1.91 bits per heavy atom. The van der Waals surface area contributed by atoms with Crippen LogP contribution in [0.15, 0.2) is 48.9 Å². The van der Waals surface area contributed by atoms with Crippen LogP contribution in [-0.4, -0.2) is 16.0 Å². The summed E-state index contributed by atoms with van der Waals surface area (Å²) in [5, 5.41) is 4.31. The van der Waals surface area contributed by atoms with Gasteiger partial charge in [0.25, 0.3) is 0 Å². The van der Waals surface area contributed by atoms with Crippen molar-refractivity contribution in [2.45, 2.75) is 19.4 Å². The number of halogens is 2. The lowest BCUT2D eigenvalue weighted by atomic mass is 10.1. The topological polar surface area (TPSA) is 37.8 Å². The molecule has 112 valence electrons. The summed E-state index contributed by atoms with van der Waals surface area (Å²) in [5.74, 6) is -0.374. The lowest BCUT2D eigenvalue weighted by Crippen LogP contribution is -2.19. The van der Waals surface area contributed by atoms with Crippen LogP contribution in [0.2, 0.25) is 5.02 Å². The number of hydrogen-bond donors (Lipinski definition) is 1. The van der Waals surface area contributed by atoms with Gasteiger partial charge in [-0.1, -0.05) is 11.6 Å². The zero-order valence-corrected chi connectivity index (χ0v) is 12.8. The van der Waals surface area contributed by atoms with Crippen molar-refractivity contribution >= 4 is 28.2 Å². The maximum Gasteiger partial charge on any atom is 0.172 e. The van der Waals surface area contributed by atoms with Gasteiger partial charge in [-0.2, -0.15) is 0 Å². The van der Waals surface area contributed by atoms with Crippen molar-refractivity contribution in [3.8, 4) is 0 Å². The summed E-state index contributed by atoms with van der Waals surface area (Å²) >= 11 is 6.06. The van der Waals surface area contributed by atoms with Crippen molar-refractivity contribution in [1.82, 2.24) is 9.97 Å². The summed E-state index contributed by atoms with van der Waals surface area (Å²) in [6.07, 6.45) is 5.80. The Morgan fingerprint density at radius 3 is 2.68 bits per heavy atom. The number of nitrogens with zero attached hydrogens (tertiary/aromatic N) is 2. The Balaban J connectivity index is 1.83. The molecule has 0 saturated heterocycles.